The second-order valence-electron chi connectivity index (χ2n) is 6.35. The van der Waals surface area contributed by atoms with Crippen LogP contribution in [0.4, 0.5) is 14.5 Å². The Bertz CT molecular complexity index is 1070. The van der Waals surface area contributed by atoms with Gasteiger partial charge in [-0.05, 0) is 30.7 Å². The Balaban J connectivity index is 1.52. The summed E-state index contributed by atoms with van der Waals surface area (Å²) in [7, 11) is 0. The highest BCUT2D eigenvalue weighted by molar-refractivity contribution is 5.96. The van der Waals surface area contributed by atoms with Crippen molar-refractivity contribution in [3.63, 3.8) is 0 Å². The summed E-state index contributed by atoms with van der Waals surface area (Å²) in [4.78, 5) is 24.0. The van der Waals surface area contributed by atoms with Crippen molar-refractivity contribution in [2.75, 3.05) is 5.32 Å². The van der Waals surface area contributed by atoms with Gasteiger partial charge in [0.05, 0.1) is 18.4 Å². The van der Waals surface area contributed by atoms with Gasteiger partial charge in [0, 0.05) is 12.1 Å². The smallest absolute Gasteiger partial charge is 0.331 e. The van der Waals surface area contributed by atoms with Crippen LogP contribution in [0.2, 0.25) is 0 Å². The van der Waals surface area contributed by atoms with Crippen molar-refractivity contribution in [1.29, 1.82) is 0 Å². The second kappa shape index (κ2) is 9.55. The summed E-state index contributed by atoms with van der Waals surface area (Å²) in [5.74, 6) is -3.11. The lowest BCUT2D eigenvalue weighted by molar-refractivity contribution is -0.148. The normalized spacial score (nSPS) is 12.0. The molecule has 30 heavy (non-hydrogen) atoms. The number of ether oxygens (including phenoxy) is 1. The van der Waals surface area contributed by atoms with Crippen LogP contribution in [0.5, 0.6) is 0 Å². The van der Waals surface area contributed by atoms with Crippen LogP contribution in [-0.2, 0) is 20.9 Å². The quantitative estimate of drug-likeness (QED) is 0.476. The molecule has 1 atom stereocenters. The highest BCUT2D eigenvalue weighted by Crippen LogP contribution is 2.16. The van der Waals surface area contributed by atoms with Crippen molar-refractivity contribution in [3.8, 4) is 0 Å². The van der Waals surface area contributed by atoms with E-state index in [1.54, 1.807) is 10.9 Å². The SMILES string of the molecule is C[C@H](OC(=O)/C=C/c1cn(Cc2ccccc2)nn1)C(=O)Nc1cc(F)ccc1F. The maximum absolute atomic E-state index is 13.6. The first-order valence-corrected chi connectivity index (χ1v) is 8.99. The molecule has 7 nitrogen and oxygen atoms in total. The van der Waals surface area contributed by atoms with Gasteiger partial charge in [-0.15, -0.1) is 5.10 Å². The van der Waals surface area contributed by atoms with Crippen LogP contribution >= 0.6 is 0 Å². The van der Waals surface area contributed by atoms with E-state index in [4.69, 9.17) is 4.74 Å². The molecule has 0 saturated heterocycles. The summed E-state index contributed by atoms with van der Waals surface area (Å²) < 4.78 is 33.3. The number of amides is 1. The van der Waals surface area contributed by atoms with E-state index in [0.29, 0.717) is 12.2 Å². The van der Waals surface area contributed by atoms with Gasteiger partial charge in [-0.25, -0.2) is 18.3 Å². The molecule has 1 amide bonds. The molecule has 0 aliphatic carbocycles. The second-order valence-corrected chi connectivity index (χ2v) is 6.35. The van der Waals surface area contributed by atoms with Crippen LogP contribution in [0.1, 0.15) is 18.2 Å². The minimum atomic E-state index is -1.22. The van der Waals surface area contributed by atoms with Gasteiger partial charge in [0.2, 0.25) is 0 Å². The van der Waals surface area contributed by atoms with E-state index in [9.17, 15) is 18.4 Å². The molecule has 0 radical (unpaired) electrons. The van der Waals surface area contributed by atoms with E-state index in [1.165, 1.54) is 13.0 Å². The first kappa shape index (κ1) is 20.8. The predicted octanol–water partition coefficient (Wildman–Crippen LogP) is 3.19. The number of nitrogens with zero attached hydrogens (tertiary/aromatic N) is 3. The molecule has 0 unspecified atom stereocenters. The Morgan fingerprint density at radius 2 is 1.97 bits per heavy atom. The minimum Gasteiger partial charge on any atom is -0.449 e. The third-order valence-electron chi connectivity index (χ3n) is 3.98. The standard InChI is InChI=1S/C21H18F2N4O3/c1-14(21(29)24-19-11-16(22)7-9-18(19)23)30-20(28)10-8-17-13-27(26-25-17)12-15-5-3-2-4-6-15/h2-11,13-14H,12H2,1H3,(H,24,29)/b10-8+/t14-/m0/s1. The molecule has 0 bridgehead atoms. The molecule has 1 N–H and O–H groups in total. The average Bonchev–Trinajstić information content (AvgIpc) is 3.17. The Morgan fingerprint density at radius 3 is 2.73 bits per heavy atom. The molecule has 0 spiro atoms. The molecule has 0 fully saturated rings. The predicted molar refractivity (Wildman–Crippen MR) is 105 cm³/mol. The lowest BCUT2D eigenvalue weighted by Gasteiger charge is -2.12. The zero-order valence-corrected chi connectivity index (χ0v) is 16.0. The number of carbonyl (C=O) groups excluding carboxylic acids is 2. The van der Waals surface area contributed by atoms with Gasteiger partial charge in [0.1, 0.15) is 17.3 Å². The van der Waals surface area contributed by atoms with E-state index in [-0.39, 0.29) is 5.69 Å². The van der Waals surface area contributed by atoms with Crippen LogP contribution in [0.15, 0.2) is 60.8 Å². The number of esters is 1. The van der Waals surface area contributed by atoms with Gasteiger partial charge in [0.25, 0.3) is 5.91 Å². The zero-order valence-electron chi connectivity index (χ0n) is 16.0. The third-order valence-corrected chi connectivity index (χ3v) is 3.98. The van der Waals surface area contributed by atoms with Gasteiger partial charge in [-0.2, -0.15) is 0 Å². The average molecular weight is 412 g/mol. The Kier molecular flexibility index (Phi) is 6.63. The van der Waals surface area contributed by atoms with E-state index in [1.807, 2.05) is 30.3 Å². The fourth-order valence-electron chi connectivity index (χ4n) is 2.49. The summed E-state index contributed by atoms with van der Waals surface area (Å²) >= 11 is 0. The van der Waals surface area contributed by atoms with Gasteiger partial charge in [0.15, 0.2) is 6.10 Å². The molecule has 154 valence electrons. The van der Waals surface area contributed by atoms with Gasteiger partial charge in [-0.3, -0.25) is 4.79 Å². The summed E-state index contributed by atoms with van der Waals surface area (Å²) in [6.07, 6.45) is 2.93. The summed E-state index contributed by atoms with van der Waals surface area (Å²) in [5.41, 5.74) is 1.14. The van der Waals surface area contributed by atoms with E-state index < -0.39 is 29.6 Å². The maximum Gasteiger partial charge on any atom is 0.331 e. The number of halogens is 2. The van der Waals surface area contributed by atoms with E-state index in [0.717, 1.165) is 29.8 Å². The fraction of sp³-hybridized carbons (Fsp3) is 0.143. The van der Waals surface area contributed by atoms with E-state index in [2.05, 4.69) is 15.6 Å². The zero-order chi connectivity index (χ0) is 21.5. The van der Waals surface area contributed by atoms with Crippen LogP contribution < -0.4 is 5.32 Å². The number of benzene rings is 2. The fourth-order valence-corrected chi connectivity index (χ4v) is 2.49. The number of hydrogen-bond acceptors (Lipinski definition) is 5. The van der Waals surface area contributed by atoms with Crippen molar-refractivity contribution in [2.45, 2.75) is 19.6 Å². The molecule has 3 rings (SSSR count). The van der Waals surface area contributed by atoms with Crippen molar-refractivity contribution in [2.24, 2.45) is 0 Å². The Labute approximate surface area is 171 Å². The largest absolute Gasteiger partial charge is 0.449 e. The molecule has 0 aliphatic heterocycles. The number of hydrogen-bond donors (Lipinski definition) is 1. The third kappa shape index (κ3) is 5.81. The van der Waals surface area contributed by atoms with Crippen LogP contribution in [0, 0.1) is 11.6 Å². The number of carbonyl (C=O) groups is 2. The molecule has 0 aliphatic rings. The molecule has 3 aromatic rings. The molecule has 1 aromatic heterocycles. The van der Waals surface area contributed by atoms with Crippen LogP contribution in [0.3, 0.4) is 0 Å². The monoisotopic (exact) mass is 412 g/mol. The number of nitrogens with one attached hydrogen (secondary N) is 1. The molecule has 0 saturated carbocycles. The van der Waals surface area contributed by atoms with Gasteiger partial charge < -0.3 is 10.1 Å². The van der Waals surface area contributed by atoms with Crippen LogP contribution in [0.25, 0.3) is 6.08 Å². The summed E-state index contributed by atoms with van der Waals surface area (Å²) in [5, 5.41) is 10.1. The molecule has 2 aromatic carbocycles. The molecule has 1 heterocycles. The van der Waals surface area contributed by atoms with Crippen molar-refractivity contribution < 1.29 is 23.1 Å². The lowest BCUT2D eigenvalue weighted by atomic mass is 10.2. The number of rotatable bonds is 7. The van der Waals surface area contributed by atoms with E-state index >= 15 is 0 Å². The Morgan fingerprint density at radius 1 is 1.20 bits per heavy atom. The molecule has 9 heteroatoms. The maximum atomic E-state index is 13.6. The van der Waals surface area contributed by atoms with Crippen molar-refractivity contribution in [1.82, 2.24) is 15.0 Å². The van der Waals surface area contributed by atoms with Crippen molar-refractivity contribution in [3.05, 3.63) is 83.7 Å². The Hall–Kier alpha value is -3.88. The van der Waals surface area contributed by atoms with Crippen LogP contribution in [-0.4, -0.2) is 33.0 Å². The molecular formula is C21H18F2N4O3. The first-order valence-electron chi connectivity index (χ1n) is 8.99. The highest BCUT2D eigenvalue weighted by Gasteiger charge is 2.18. The summed E-state index contributed by atoms with van der Waals surface area (Å²) in [6, 6.07) is 12.3. The van der Waals surface area contributed by atoms with Gasteiger partial charge >= 0.3 is 5.97 Å². The number of aromatic nitrogens is 3. The van der Waals surface area contributed by atoms with Crippen molar-refractivity contribution >= 4 is 23.6 Å². The molecular weight excluding hydrogens is 394 g/mol. The highest BCUT2D eigenvalue weighted by atomic mass is 19.1. The lowest BCUT2D eigenvalue weighted by Crippen LogP contribution is -2.29. The van der Waals surface area contributed by atoms with Gasteiger partial charge in [-0.1, -0.05) is 35.5 Å². The topological polar surface area (TPSA) is 86.1 Å². The minimum absolute atomic E-state index is 0.339. The number of anilines is 1. The first-order chi connectivity index (χ1) is 14.4. The summed E-state index contributed by atoms with van der Waals surface area (Å²) in [6.45, 7) is 1.84.